The fraction of sp³-hybridized carbons (Fsp3) is 0.214. The lowest BCUT2D eigenvalue weighted by Crippen LogP contribution is -2.05. The first kappa shape index (κ1) is 12.9. The summed E-state index contributed by atoms with van der Waals surface area (Å²) >= 11 is 3.47. The number of anilines is 1. The van der Waals surface area contributed by atoms with Crippen LogP contribution < -0.4 is 5.73 Å². The van der Waals surface area contributed by atoms with Crippen molar-refractivity contribution in [2.75, 3.05) is 5.73 Å². The zero-order chi connectivity index (χ0) is 13.1. The predicted octanol–water partition coefficient (Wildman–Crippen LogP) is 3.64. The van der Waals surface area contributed by atoms with E-state index in [1.54, 1.807) is 0 Å². The number of nitrogens with two attached hydrogens (primary N) is 1. The van der Waals surface area contributed by atoms with Crippen molar-refractivity contribution in [2.24, 2.45) is 0 Å². The van der Waals surface area contributed by atoms with Crippen LogP contribution in [0.5, 0.6) is 0 Å². The number of allylic oxidation sites excluding steroid dienone is 1. The van der Waals surface area contributed by atoms with E-state index in [-0.39, 0.29) is 0 Å². The van der Waals surface area contributed by atoms with Crippen LogP contribution in [0.3, 0.4) is 0 Å². The molecule has 0 radical (unpaired) electrons. The normalized spacial score (nSPS) is 10.6. The maximum Gasteiger partial charge on any atom is 0.132 e. The fourth-order valence-electron chi connectivity index (χ4n) is 1.96. The smallest absolute Gasteiger partial charge is 0.132 e. The van der Waals surface area contributed by atoms with Crippen molar-refractivity contribution in [3.05, 3.63) is 47.2 Å². The van der Waals surface area contributed by atoms with Crippen molar-refractivity contribution < 1.29 is 0 Å². The lowest BCUT2D eigenvalue weighted by molar-refractivity contribution is 0.757. The summed E-state index contributed by atoms with van der Waals surface area (Å²) in [6, 6.07) is 8.01. The van der Waals surface area contributed by atoms with Crippen LogP contribution in [0.1, 0.15) is 12.7 Å². The van der Waals surface area contributed by atoms with Crippen LogP contribution >= 0.6 is 15.9 Å². The average molecular weight is 306 g/mol. The lowest BCUT2D eigenvalue weighted by Gasteiger charge is -2.05. The zero-order valence-electron chi connectivity index (χ0n) is 10.4. The summed E-state index contributed by atoms with van der Waals surface area (Å²) in [5, 5.41) is 0. The summed E-state index contributed by atoms with van der Waals surface area (Å²) in [6.07, 6.45) is 2.69. The first-order chi connectivity index (χ1) is 8.67. The van der Waals surface area contributed by atoms with Gasteiger partial charge in [-0.25, -0.2) is 4.98 Å². The molecule has 4 heteroatoms. The van der Waals surface area contributed by atoms with E-state index >= 15 is 0 Å². The van der Waals surface area contributed by atoms with Crippen molar-refractivity contribution in [3.63, 3.8) is 0 Å². The van der Waals surface area contributed by atoms with Gasteiger partial charge in [-0.3, -0.25) is 0 Å². The van der Waals surface area contributed by atoms with E-state index in [2.05, 4.69) is 34.4 Å². The van der Waals surface area contributed by atoms with Gasteiger partial charge in [-0.1, -0.05) is 41.1 Å². The zero-order valence-corrected chi connectivity index (χ0v) is 11.9. The van der Waals surface area contributed by atoms with Gasteiger partial charge in [-0.05, 0) is 12.1 Å². The van der Waals surface area contributed by atoms with E-state index in [1.807, 2.05) is 34.9 Å². The number of rotatable bonds is 4. The van der Waals surface area contributed by atoms with Crippen molar-refractivity contribution in [1.82, 2.24) is 9.55 Å². The van der Waals surface area contributed by atoms with Crippen molar-refractivity contribution in [3.8, 4) is 11.3 Å². The molecule has 0 aliphatic rings. The number of halogens is 1. The van der Waals surface area contributed by atoms with Gasteiger partial charge in [-0.15, -0.1) is 6.58 Å². The number of hydrogen-bond acceptors (Lipinski definition) is 2. The Morgan fingerprint density at radius 2 is 2.28 bits per heavy atom. The second-order valence-corrected chi connectivity index (χ2v) is 4.94. The van der Waals surface area contributed by atoms with Crippen LogP contribution in [0.2, 0.25) is 0 Å². The number of aromatic nitrogens is 2. The molecule has 1 aromatic heterocycles. The Morgan fingerprint density at radius 1 is 1.50 bits per heavy atom. The van der Waals surface area contributed by atoms with Crippen LogP contribution in [0.15, 0.2) is 41.4 Å². The molecule has 0 aliphatic carbocycles. The molecule has 3 nitrogen and oxygen atoms in total. The quantitative estimate of drug-likeness (QED) is 0.876. The molecule has 94 valence electrons. The standard InChI is InChI=1S/C14H16BrN3/c1-3-8-18-12(4-2)17-13(14(18)16)10-6-5-7-11(15)9-10/h3,5-7,9H,1,4,8,16H2,2H3. The summed E-state index contributed by atoms with van der Waals surface area (Å²) in [4.78, 5) is 4.63. The minimum absolute atomic E-state index is 0.690. The van der Waals surface area contributed by atoms with Crippen LogP contribution in [-0.4, -0.2) is 9.55 Å². The molecular weight excluding hydrogens is 290 g/mol. The number of nitrogens with zero attached hydrogens (tertiary/aromatic N) is 2. The molecule has 0 fully saturated rings. The minimum Gasteiger partial charge on any atom is -0.383 e. The van der Waals surface area contributed by atoms with Crippen molar-refractivity contribution >= 4 is 21.7 Å². The Morgan fingerprint density at radius 3 is 2.89 bits per heavy atom. The van der Waals surface area contributed by atoms with Gasteiger partial charge in [0.15, 0.2) is 0 Å². The molecule has 1 heterocycles. The molecule has 1 aromatic carbocycles. The highest BCUT2D eigenvalue weighted by atomic mass is 79.9. The third-order valence-electron chi connectivity index (χ3n) is 2.81. The number of aryl methyl sites for hydroxylation is 1. The van der Waals surface area contributed by atoms with Gasteiger partial charge in [-0.2, -0.15) is 0 Å². The highest BCUT2D eigenvalue weighted by Crippen LogP contribution is 2.28. The Kier molecular flexibility index (Phi) is 3.87. The van der Waals surface area contributed by atoms with E-state index < -0.39 is 0 Å². The Balaban J connectivity index is 2.55. The van der Waals surface area contributed by atoms with Crippen molar-refractivity contribution in [2.45, 2.75) is 19.9 Å². The lowest BCUT2D eigenvalue weighted by atomic mass is 10.1. The third-order valence-corrected chi connectivity index (χ3v) is 3.31. The van der Waals surface area contributed by atoms with E-state index in [4.69, 9.17) is 5.73 Å². The van der Waals surface area contributed by atoms with Gasteiger partial charge in [0.2, 0.25) is 0 Å². The second-order valence-electron chi connectivity index (χ2n) is 4.03. The third kappa shape index (κ3) is 2.34. The highest BCUT2D eigenvalue weighted by molar-refractivity contribution is 9.10. The number of imidazole rings is 1. The van der Waals surface area contributed by atoms with Crippen LogP contribution in [0.4, 0.5) is 5.82 Å². The summed E-state index contributed by atoms with van der Waals surface area (Å²) in [5.41, 5.74) is 8.06. The summed E-state index contributed by atoms with van der Waals surface area (Å²) in [7, 11) is 0. The molecule has 0 atom stereocenters. The maximum absolute atomic E-state index is 6.19. The highest BCUT2D eigenvalue weighted by Gasteiger charge is 2.14. The van der Waals surface area contributed by atoms with Gasteiger partial charge in [0.25, 0.3) is 0 Å². The molecule has 2 N–H and O–H groups in total. The molecule has 0 saturated heterocycles. The number of nitrogen functional groups attached to an aromatic ring is 1. The molecule has 0 saturated carbocycles. The van der Waals surface area contributed by atoms with E-state index in [9.17, 15) is 0 Å². The van der Waals surface area contributed by atoms with Crippen LogP contribution in [0.25, 0.3) is 11.3 Å². The minimum atomic E-state index is 0.690. The van der Waals surface area contributed by atoms with E-state index in [1.165, 1.54) is 0 Å². The van der Waals surface area contributed by atoms with Gasteiger partial charge in [0.1, 0.15) is 17.3 Å². The van der Waals surface area contributed by atoms with Crippen LogP contribution in [-0.2, 0) is 13.0 Å². The van der Waals surface area contributed by atoms with Gasteiger partial charge in [0.05, 0.1) is 0 Å². The van der Waals surface area contributed by atoms with Crippen LogP contribution in [0, 0.1) is 0 Å². The largest absolute Gasteiger partial charge is 0.383 e. The summed E-state index contributed by atoms with van der Waals surface area (Å²) in [5.74, 6) is 1.69. The van der Waals surface area contributed by atoms with Crippen molar-refractivity contribution in [1.29, 1.82) is 0 Å². The Labute approximate surface area is 115 Å². The number of benzene rings is 1. The Hall–Kier alpha value is -1.55. The molecule has 0 bridgehead atoms. The molecule has 2 aromatic rings. The first-order valence-electron chi connectivity index (χ1n) is 5.89. The summed E-state index contributed by atoms with van der Waals surface area (Å²) in [6.45, 7) is 6.52. The topological polar surface area (TPSA) is 43.8 Å². The first-order valence-corrected chi connectivity index (χ1v) is 6.68. The molecule has 0 spiro atoms. The van der Waals surface area contributed by atoms with Gasteiger partial charge in [0, 0.05) is 23.0 Å². The fourth-order valence-corrected chi connectivity index (χ4v) is 2.36. The summed E-state index contributed by atoms with van der Waals surface area (Å²) < 4.78 is 3.03. The second kappa shape index (κ2) is 5.40. The predicted molar refractivity (Wildman–Crippen MR) is 79.4 cm³/mol. The molecule has 0 unspecified atom stereocenters. The molecule has 0 amide bonds. The molecular formula is C14H16BrN3. The molecule has 18 heavy (non-hydrogen) atoms. The van der Waals surface area contributed by atoms with E-state index in [0.29, 0.717) is 12.4 Å². The van der Waals surface area contributed by atoms with Gasteiger partial charge < -0.3 is 10.3 Å². The Bertz CT molecular complexity index is 572. The maximum atomic E-state index is 6.19. The SMILES string of the molecule is C=CCn1c(CC)nc(-c2cccc(Br)c2)c1N. The molecule has 0 aliphatic heterocycles. The average Bonchev–Trinajstić information content (AvgIpc) is 2.67. The van der Waals surface area contributed by atoms with E-state index in [0.717, 1.165) is 28.0 Å². The monoisotopic (exact) mass is 305 g/mol. The molecule has 2 rings (SSSR count). The van der Waals surface area contributed by atoms with Gasteiger partial charge >= 0.3 is 0 Å². The number of hydrogen-bond donors (Lipinski definition) is 1.